The molecule has 5 heteroatoms. The molecule has 0 amide bonds. The van der Waals surface area contributed by atoms with Crippen molar-refractivity contribution >= 4 is 34.9 Å². The summed E-state index contributed by atoms with van der Waals surface area (Å²) in [5, 5.41) is 7.25. The first-order valence-electron chi connectivity index (χ1n) is 3.99. The van der Waals surface area contributed by atoms with Crippen LogP contribution in [0.4, 0.5) is 5.13 Å². The van der Waals surface area contributed by atoms with Crippen molar-refractivity contribution in [2.24, 2.45) is 4.99 Å². The molecule has 3 nitrogen and oxygen atoms in total. The molecular formula is C9H7N3S2. The lowest BCUT2D eigenvalue weighted by Gasteiger charge is -1.87. The Balaban J connectivity index is 2.19. The summed E-state index contributed by atoms with van der Waals surface area (Å²) in [5.74, 6) is 0. The van der Waals surface area contributed by atoms with Gasteiger partial charge in [0.15, 0.2) is 3.95 Å². The van der Waals surface area contributed by atoms with E-state index in [2.05, 4.69) is 15.2 Å². The Hall–Kier alpha value is -1.33. The maximum Gasteiger partial charge on any atom is 0.230 e. The number of rotatable bonds is 2. The van der Waals surface area contributed by atoms with Crippen molar-refractivity contribution in [3.05, 3.63) is 39.8 Å². The van der Waals surface area contributed by atoms with E-state index >= 15 is 0 Å². The first-order chi connectivity index (χ1) is 6.84. The van der Waals surface area contributed by atoms with Gasteiger partial charge in [-0.1, -0.05) is 41.7 Å². The zero-order valence-corrected chi connectivity index (χ0v) is 8.81. The number of nitrogens with zero attached hydrogens (tertiary/aromatic N) is 2. The number of aromatic nitrogens is 2. The third kappa shape index (κ3) is 2.34. The first-order valence-corrected chi connectivity index (χ1v) is 5.22. The normalized spacial score (nSPS) is 10.9. The van der Waals surface area contributed by atoms with E-state index in [9.17, 15) is 0 Å². The number of hydrogen-bond acceptors (Lipinski definition) is 4. The minimum Gasteiger partial charge on any atom is -0.256 e. The number of aromatic amines is 1. The summed E-state index contributed by atoms with van der Waals surface area (Å²) in [7, 11) is 0. The first kappa shape index (κ1) is 9.23. The second kappa shape index (κ2) is 4.26. The van der Waals surface area contributed by atoms with Crippen LogP contribution < -0.4 is 0 Å². The van der Waals surface area contributed by atoms with Crippen LogP contribution in [-0.2, 0) is 0 Å². The highest BCUT2D eigenvalue weighted by Gasteiger charge is 1.91. The summed E-state index contributed by atoms with van der Waals surface area (Å²) < 4.78 is 0.644. The van der Waals surface area contributed by atoms with Crippen LogP contribution in [0.5, 0.6) is 0 Å². The molecule has 0 spiro atoms. The van der Waals surface area contributed by atoms with Crippen molar-refractivity contribution < 1.29 is 0 Å². The van der Waals surface area contributed by atoms with E-state index in [1.165, 1.54) is 11.3 Å². The van der Waals surface area contributed by atoms with Crippen LogP contribution in [0.2, 0.25) is 0 Å². The fourth-order valence-electron chi connectivity index (χ4n) is 0.946. The van der Waals surface area contributed by atoms with Gasteiger partial charge < -0.3 is 0 Å². The Morgan fingerprint density at radius 1 is 1.36 bits per heavy atom. The molecule has 2 aromatic rings. The van der Waals surface area contributed by atoms with Crippen molar-refractivity contribution in [2.45, 2.75) is 0 Å². The molecule has 0 bridgehead atoms. The van der Waals surface area contributed by atoms with E-state index in [0.29, 0.717) is 9.09 Å². The minimum atomic E-state index is 0.644. The molecular weight excluding hydrogens is 214 g/mol. The Kier molecular flexibility index (Phi) is 2.81. The molecule has 2 rings (SSSR count). The summed E-state index contributed by atoms with van der Waals surface area (Å²) in [6, 6.07) is 9.86. The van der Waals surface area contributed by atoms with Gasteiger partial charge in [-0.25, -0.2) is 4.99 Å². The number of benzene rings is 1. The van der Waals surface area contributed by atoms with Gasteiger partial charge in [0.25, 0.3) is 0 Å². The standard InChI is InChI=1S/C9H7N3S2/c13-9-12-11-8(14-9)10-6-7-4-2-1-3-5-7/h1-6H,(H,12,13)/b10-6+. The lowest BCUT2D eigenvalue weighted by atomic mass is 10.2. The highest BCUT2D eigenvalue weighted by atomic mass is 32.1. The van der Waals surface area contributed by atoms with Crippen LogP contribution in [0, 0.1) is 3.95 Å². The Morgan fingerprint density at radius 3 is 2.79 bits per heavy atom. The van der Waals surface area contributed by atoms with Crippen molar-refractivity contribution in [3.63, 3.8) is 0 Å². The number of nitrogens with one attached hydrogen (secondary N) is 1. The predicted molar refractivity (Wildman–Crippen MR) is 61.0 cm³/mol. The summed E-state index contributed by atoms with van der Waals surface area (Å²) >= 11 is 6.25. The zero-order valence-electron chi connectivity index (χ0n) is 7.18. The Morgan fingerprint density at radius 2 is 2.14 bits per heavy atom. The van der Waals surface area contributed by atoms with Gasteiger partial charge in [-0.3, -0.25) is 5.10 Å². The molecule has 0 radical (unpaired) electrons. The van der Waals surface area contributed by atoms with Gasteiger partial charge in [-0.15, -0.1) is 5.10 Å². The fourth-order valence-corrected chi connectivity index (χ4v) is 1.67. The molecule has 1 aromatic heterocycles. The van der Waals surface area contributed by atoms with Crippen LogP contribution in [0.3, 0.4) is 0 Å². The summed E-state index contributed by atoms with van der Waals surface area (Å²) in [6.45, 7) is 0. The molecule has 0 aliphatic heterocycles. The Bertz CT molecular complexity index is 484. The van der Waals surface area contributed by atoms with Crippen LogP contribution in [-0.4, -0.2) is 16.4 Å². The Labute approximate surface area is 90.2 Å². The average Bonchev–Trinajstić information content (AvgIpc) is 2.63. The van der Waals surface area contributed by atoms with Gasteiger partial charge in [-0.2, -0.15) is 0 Å². The second-order valence-corrected chi connectivity index (χ2v) is 4.21. The van der Waals surface area contributed by atoms with Gasteiger partial charge in [0.1, 0.15) is 0 Å². The van der Waals surface area contributed by atoms with E-state index in [1.54, 1.807) is 6.21 Å². The maximum absolute atomic E-state index is 4.89. The lowest BCUT2D eigenvalue weighted by molar-refractivity contribution is 1.07. The van der Waals surface area contributed by atoms with E-state index in [-0.39, 0.29) is 0 Å². The SMILES string of the molecule is S=c1[nH]nc(/N=C/c2ccccc2)s1. The maximum atomic E-state index is 4.89. The molecule has 0 atom stereocenters. The van der Waals surface area contributed by atoms with Crippen LogP contribution in [0.1, 0.15) is 5.56 Å². The number of hydrogen-bond donors (Lipinski definition) is 1. The molecule has 0 saturated heterocycles. The molecule has 0 fully saturated rings. The molecule has 0 unspecified atom stereocenters. The molecule has 0 aliphatic rings. The summed E-state index contributed by atoms with van der Waals surface area (Å²) in [6.07, 6.45) is 1.77. The van der Waals surface area contributed by atoms with Crippen molar-refractivity contribution in [1.82, 2.24) is 10.2 Å². The summed E-state index contributed by atoms with van der Waals surface area (Å²) in [4.78, 5) is 4.18. The van der Waals surface area contributed by atoms with E-state index in [1.807, 2.05) is 30.3 Å². The predicted octanol–water partition coefficient (Wildman–Crippen LogP) is 2.95. The minimum absolute atomic E-state index is 0.644. The number of aliphatic imine (C=N–C) groups is 1. The zero-order chi connectivity index (χ0) is 9.80. The van der Waals surface area contributed by atoms with Gasteiger partial charge in [0, 0.05) is 6.21 Å². The van der Waals surface area contributed by atoms with Crippen molar-refractivity contribution in [1.29, 1.82) is 0 Å². The molecule has 14 heavy (non-hydrogen) atoms. The third-order valence-corrected chi connectivity index (χ3v) is 2.55. The third-order valence-electron chi connectivity index (χ3n) is 1.55. The van der Waals surface area contributed by atoms with Gasteiger partial charge in [0.2, 0.25) is 5.13 Å². The molecule has 1 N–H and O–H groups in total. The monoisotopic (exact) mass is 221 g/mol. The molecule has 0 aliphatic carbocycles. The van der Waals surface area contributed by atoms with Gasteiger partial charge in [0.05, 0.1) is 0 Å². The highest BCUT2D eigenvalue weighted by molar-refractivity contribution is 7.73. The number of H-pyrrole nitrogens is 1. The smallest absolute Gasteiger partial charge is 0.230 e. The van der Waals surface area contributed by atoms with E-state index in [4.69, 9.17) is 12.2 Å². The molecule has 0 saturated carbocycles. The lowest BCUT2D eigenvalue weighted by Crippen LogP contribution is -1.77. The second-order valence-electron chi connectivity index (χ2n) is 2.56. The highest BCUT2D eigenvalue weighted by Crippen LogP contribution is 2.14. The topological polar surface area (TPSA) is 41.0 Å². The quantitative estimate of drug-likeness (QED) is 0.625. The average molecular weight is 221 g/mol. The summed E-state index contributed by atoms with van der Waals surface area (Å²) in [5.41, 5.74) is 1.05. The molecule has 1 aromatic carbocycles. The van der Waals surface area contributed by atoms with Crippen LogP contribution in [0.15, 0.2) is 35.3 Å². The van der Waals surface area contributed by atoms with Gasteiger partial charge >= 0.3 is 0 Å². The van der Waals surface area contributed by atoms with Gasteiger partial charge in [-0.05, 0) is 17.8 Å². The van der Waals surface area contributed by atoms with Crippen molar-refractivity contribution in [2.75, 3.05) is 0 Å². The molecule has 70 valence electrons. The fraction of sp³-hybridized carbons (Fsp3) is 0. The van der Waals surface area contributed by atoms with E-state index < -0.39 is 0 Å². The molecule has 1 heterocycles. The van der Waals surface area contributed by atoms with Crippen LogP contribution in [0.25, 0.3) is 0 Å². The van der Waals surface area contributed by atoms with Crippen LogP contribution >= 0.6 is 23.6 Å². The largest absolute Gasteiger partial charge is 0.256 e. The van der Waals surface area contributed by atoms with E-state index in [0.717, 1.165) is 5.56 Å². The van der Waals surface area contributed by atoms with Crippen molar-refractivity contribution in [3.8, 4) is 0 Å².